The van der Waals surface area contributed by atoms with Gasteiger partial charge >= 0.3 is 0 Å². The topological polar surface area (TPSA) is 103 Å². The van der Waals surface area contributed by atoms with Crippen LogP contribution in [-0.4, -0.2) is 77.4 Å². The highest BCUT2D eigenvalue weighted by Crippen LogP contribution is 2.46. The third-order valence-electron chi connectivity index (χ3n) is 10.5. The number of halogens is 1. The number of benzene rings is 1. The molecule has 1 aromatic carbocycles. The molecule has 0 unspecified atom stereocenters. The Morgan fingerprint density at radius 1 is 1.06 bits per heavy atom. The Morgan fingerprint density at radius 2 is 1.86 bits per heavy atom. The number of aliphatic hydroxyl groups is 1. The van der Waals surface area contributed by atoms with E-state index in [0.29, 0.717) is 47.2 Å². The van der Waals surface area contributed by atoms with Crippen LogP contribution in [0.25, 0.3) is 11.1 Å². The van der Waals surface area contributed by atoms with Gasteiger partial charge in [-0.1, -0.05) is 13.8 Å². The van der Waals surface area contributed by atoms with Gasteiger partial charge in [0.25, 0.3) is 11.5 Å². The number of nitrogens with one attached hydrogen (secondary N) is 1. The van der Waals surface area contributed by atoms with Gasteiger partial charge in [-0.25, -0.2) is 9.37 Å². The molecule has 0 spiro atoms. The summed E-state index contributed by atoms with van der Waals surface area (Å²) in [7, 11) is 1.63. The van der Waals surface area contributed by atoms with Crippen molar-refractivity contribution < 1.29 is 19.0 Å². The third-order valence-corrected chi connectivity index (χ3v) is 11.7. The van der Waals surface area contributed by atoms with Crippen LogP contribution in [0.5, 0.6) is 0 Å². The lowest BCUT2D eigenvalue weighted by atomic mass is 9.89. The van der Waals surface area contributed by atoms with Crippen molar-refractivity contribution in [3.8, 4) is 11.1 Å². The highest BCUT2D eigenvalue weighted by atomic mass is 32.1. The first-order valence-corrected chi connectivity index (χ1v) is 17.8. The Kier molecular flexibility index (Phi) is 8.09. The fraction of sp³-hybridized carbons (Fsp3) is 0.432. The zero-order valence-electron chi connectivity index (χ0n) is 28.1. The van der Waals surface area contributed by atoms with E-state index in [1.807, 2.05) is 18.3 Å². The van der Waals surface area contributed by atoms with Gasteiger partial charge in [-0.2, -0.15) is 0 Å². The maximum Gasteiger partial charge on any atom is 0.274 e. The molecule has 256 valence electrons. The normalized spacial score (nSPS) is 19.2. The summed E-state index contributed by atoms with van der Waals surface area (Å²) in [4.78, 5) is 40.2. The Hall–Kier alpha value is -4.10. The van der Waals surface area contributed by atoms with Crippen molar-refractivity contribution in [2.24, 2.45) is 12.5 Å². The number of aliphatic hydroxyl groups excluding tert-OH is 1. The van der Waals surface area contributed by atoms with E-state index in [9.17, 15) is 14.7 Å². The van der Waals surface area contributed by atoms with E-state index in [-0.39, 0.29) is 22.6 Å². The van der Waals surface area contributed by atoms with E-state index in [2.05, 4.69) is 33.9 Å². The second kappa shape index (κ2) is 12.3. The molecular formula is C37H41FN6O4S. The largest absolute Gasteiger partial charge is 0.392 e. The number of aryl methyl sites for hydroxylation is 1. The van der Waals surface area contributed by atoms with E-state index in [0.717, 1.165) is 68.4 Å². The first kappa shape index (κ1) is 32.1. The maximum absolute atomic E-state index is 15.4. The van der Waals surface area contributed by atoms with Gasteiger partial charge in [0.05, 0.1) is 48.3 Å². The molecule has 4 aromatic rings. The molecular weight excluding hydrogens is 644 g/mol. The molecule has 3 aromatic heterocycles. The van der Waals surface area contributed by atoms with Crippen LogP contribution in [0.3, 0.4) is 0 Å². The first-order chi connectivity index (χ1) is 23.6. The van der Waals surface area contributed by atoms with Gasteiger partial charge < -0.3 is 29.5 Å². The zero-order chi connectivity index (χ0) is 34.0. The quantitative estimate of drug-likeness (QED) is 0.288. The number of pyridine rings is 2. The molecule has 2 fully saturated rings. The first-order valence-electron chi connectivity index (χ1n) is 17.0. The lowest BCUT2D eigenvalue weighted by Crippen LogP contribution is -2.56. The lowest BCUT2D eigenvalue weighted by Gasteiger charge is -2.43. The number of piperazine rings is 1. The van der Waals surface area contributed by atoms with Gasteiger partial charge in [0.1, 0.15) is 17.3 Å². The molecule has 2 saturated heterocycles. The molecule has 1 aliphatic carbocycles. The molecule has 0 atom stereocenters. The van der Waals surface area contributed by atoms with E-state index < -0.39 is 12.4 Å². The number of rotatable bonds is 7. The molecule has 0 bridgehead atoms. The number of carbonyl (C=O) groups excluding carboxylic acids is 1. The van der Waals surface area contributed by atoms with Crippen molar-refractivity contribution >= 4 is 40.1 Å². The summed E-state index contributed by atoms with van der Waals surface area (Å²) in [5.74, 6) is -0.179. The van der Waals surface area contributed by atoms with Crippen LogP contribution in [0.15, 0.2) is 47.5 Å². The number of hydrogen-bond acceptors (Lipinski definition) is 9. The number of aromatic nitrogens is 2. The molecule has 3 aliphatic heterocycles. The molecule has 1 amide bonds. The molecule has 2 N–H and O–H groups in total. The highest BCUT2D eigenvalue weighted by molar-refractivity contribution is 7.14. The number of thiophene rings is 1. The molecule has 10 nitrogen and oxygen atoms in total. The van der Waals surface area contributed by atoms with Crippen molar-refractivity contribution in [3.63, 3.8) is 0 Å². The molecule has 6 heterocycles. The van der Waals surface area contributed by atoms with E-state index in [1.165, 1.54) is 27.1 Å². The smallest absolute Gasteiger partial charge is 0.274 e. The molecule has 8 rings (SSSR count). The Balaban J connectivity index is 1.05. The van der Waals surface area contributed by atoms with Crippen molar-refractivity contribution in [2.75, 3.05) is 61.1 Å². The van der Waals surface area contributed by atoms with Crippen LogP contribution in [0.4, 0.5) is 27.3 Å². The summed E-state index contributed by atoms with van der Waals surface area (Å²) >= 11 is 1.56. The summed E-state index contributed by atoms with van der Waals surface area (Å²) in [5.41, 5.74) is 5.38. The average molecular weight is 685 g/mol. The van der Waals surface area contributed by atoms with Crippen LogP contribution < -0.4 is 20.7 Å². The molecule has 12 heteroatoms. The number of amides is 1. The van der Waals surface area contributed by atoms with Gasteiger partial charge in [-0.05, 0) is 71.7 Å². The highest BCUT2D eigenvalue weighted by Gasteiger charge is 2.39. The van der Waals surface area contributed by atoms with Crippen LogP contribution in [0.1, 0.15) is 45.1 Å². The van der Waals surface area contributed by atoms with Gasteiger partial charge in [0.15, 0.2) is 0 Å². The monoisotopic (exact) mass is 684 g/mol. The number of hydrogen-bond donors (Lipinski definition) is 2. The summed E-state index contributed by atoms with van der Waals surface area (Å²) in [5, 5.41) is 13.8. The number of anilines is 4. The van der Waals surface area contributed by atoms with Crippen LogP contribution >= 0.6 is 11.3 Å². The minimum atomic E-state index is -0.529. The van der Waals surface area contributed by atoms with Crippen LogP contribution in [0.2, 0.25) is 0 Å². The minimum Gasteiger partial charge on any atom is -0.392 e. The standard InChI is InChI=1S/C37H41FN6O4S/c1-37(2)15-28-26-6-7-44(36(47)34(26)49-32(28)16-37)31-14-23(38)13-27(29(31)19-45)22-12-30(35(46)41(3)18-22)40-33-5-4-24(17-39-33)42-8-10-43(11-9-42)25-20-48-21-25/h4-5,12-14,17-18,25,45H,6-11,15-16,19-21H2,1-3H3,(H,39,40). The van der Waals surface area contributed by atoms with Gasteiger partial charge in [0, 0.05) is 62.0 Å². The van der Waals surface area contributed by atoms with Crippen molar-refractivity contribution in [1.82, 2.24) is 14.5 Å². The SMILES string of the molecule is Cn1cc(-c2cc(F)cc(N3CCc4c(sc5c4CC(C)(C)C5)C3=O)c2CO)cc(Nc2ccc(N3CCN(C4COC4)CC3)cn2)c1=O. The molecule has 4 aliphatic rings. The third kappa shape index (κ3) is 5.84. The van der Waals surface area contributed by atoms with Crippen LogP contribution in [0, 0.1) is 11.2 Å². The van der Waals surface area contributed by atoms with Gasteiger partial charge in [-0.15, -0.1) is 11.3 Å². The number of nitrogens with zero attached hydrogens (tertiary/aromatic N) is 5. The second-order valence-corrected chi connectivity index (χ2v) is 15.5. The maximum atomic E-state index is 15.4. The summed E-state index contributed by atoms with van der Waals surface area (Å²) < 4.78 is 22.2. The predicted octanol–water partition coefficient (Wildman–Crippen LogP) is 4.73. The molecule has 0 radical (unpaired) electrons. The number of carbonyl (C=O) groups is 1. The molecule has 0 saturated carbocycles. The number of fused-ring (bicyclic) bond motifs is 3. The van der Waals surface area contributed by atoms with Crippen molar-refractivity contribution in [2.45, 2.75) is 45.8 Å². The molecule has 49 heavy (non-hydrogen) atoms. The average Bonchev–Trinajstić information content (AvgIpc) is 3.55. The fourth-order valence-corrected chi connectivity index (χ4v) is 9.36. The van der Waals surface area contributed by atoms with Crippen LogP contribution in [-0.2, 0) is 37.7 Å². The lowest BCUT2D eigenvalue weighted by molar-refractivity contribution is -0.0660. The fourth-order valence-electron chi connectivity index (χ4n) is 7.79. The summed E-state index contributed by atoms with van der Waals surface area (Å²) in [6.45, 7) is 9.93. The zero-order valence-corrected chi connectivity index (χ0v) is 28.9. The van der Waals surface area contributed by atoms with E-state index in [4.69, 9.17) is 4.74 Å². The van der Waals surface area contributed by atoms with Crippen molar-refractivity contribution in [1.29, 1.82) is 0 Å². The Bertz CT molecular complexity index is 2000. The summed E-state index contributed by atoms with van der Waals surface area (Å²) in [6.07, 6.45) is 6.04. The van der Waals surface area contributed by atoms with E-state index in [1.54, 1.807) is 35.5 Å². The Morgan fingerprint density at radius 3 is 2.55 bits per heavy atom. The van der Waals surface area contributed by atoms with Gasteiger partial charge in [0.2, 0.25) is 0 Å². The van der Waals surface area contributed by atoms with Gasteiger partial charge in [-0.3, -0.25) is 14.5 Å². The van der Waals surface area contributed by atoms with E-state index >= 15 is 4.39 Å². The Labute approximate surface area is 288 Å². The van der Waals surface area contributed by atoms with Crippen molar-refractivity contribution in [3.05, 3.63) is 85.3 Å². The minimum absolute atomic E-state index is 0.156. The summed E-state index contributed by atoms with van der Waals surface area (Å²) in [6, 6.07) is 8.72. The predicted molar refractivity (Wildman–Crippen MR) is 190 cm³/mol. The second-order valence-electron chi connectivity index (χ2n) is 14.4. The number of ether oxygens (including phenoxy) is 1.